The Balaban J connectivity index is 1.84. The molecule has 1 aliphatic heterocycles. The van der Waals surface area contributed by atoms with Gasteiger partial charge in [0.05, 0.1) is 12.5 Å². The van der Waals surface area contributed by atoms with E-state index in [1.165, 1.54) is 6.21 Å². The maximum absolute atomic E-state index is 13.0. The zero-order valence-corrected chi connectivity index (χ0v) is 11.9. The summed E-state index contributed by atoms with van der Waals surface area (Å²) in [6, 6.07) is 1.76. The third kappa shape index (κ3) is 4.30. The van der Waals surface area contributed by atoms with Gasteiger partial charge in [-0.25, -0.2) is 13.2 Å². The number of rotatable bonds is 5. The van der Waals surface area contributed by atoms with Crippen molar-refractivity contribution in [3.63, 3.8) is 0 Å². The van der Waals surface area contributed by atoms with Crippen LogP contribution in [0.15, 0.2) is 17.1 Å². The fraction of sp³-hybridized carbons (Fsp3) is 0.467. The van der Waals surface area contributed by atoms with Crippen molar-refractivity contribution in [2.75, 3.05) is 26.2 Å². The van der Waals surface area contributed by atoms with Gasteiger partial charge in [0.15, 0.2) is 17.5 Å². The molecule has 0 amide bonds. The van der Waals surface area contributed by atoms with Crippen molar-refractivity contribution in [2.45, 2.75) is 12.8 Å². The highest BCUT2D eigenvalue weighted by molar-refractivity contribution is 5.79. The summed E-state index contributed by atoms with van der Waals surface area (Å²) in [6.07, 6.45) is 2.79. The van der Waals surface area contributed by atoms with E-state index in [9.17, 15) is 18.0 Å². The second-order valence-electron chi connectivity index (χ2n) is 5.31. The lowest BCUT2D eigenvalue weighted by Gasteiger charge is -2.29. The van der Waals surface area contributed by atoms with Gasteiger partial charge < -0.3 is 10.0 Å². The zero-order chi connectivity index (χ0) is 16.1. The first-order chi connectivity index (χ1) is 10.5. The van der Waals surface area contributed by atoms with Crippen molar-refractivity contribution in [3.05, 3.63) is 35.1 Å². The van der Waals surface area contributed by atoms with E-state index < -0.39 is 23.4 Å². The third-order valence-corrected chi connectivity index (χ3v) is 3.65. The Bertz CT molecular complexity index is 555. The van der Waals surface area contributed by atoms with Gasteiger partial charge in [-0.15, -0.1) is 0 Å². The molecule has 120 valence electrons. The number of benzene rings is 1. The van der Waals surface area contributed by atoms with Crippen LogP contribution in [0.1, 0.15) is 18.4 Å². The summed E-state index contributed by atoms with van der Waals surface area (Å²) in [5, 5.41) is 8.99. The van der Waals surface area contributed by atoms with Crippen LogP contribution in [0.3, 0.4) is 0 Å². The smallest absolute Gasteiger partial charge is 0.307 e. The second-order valence-corrected chi connectivity index (χ2v) is 5.31. The number of nitrogens with zero attached hydrogens (tertiary/aromatic N) is 2. The van der Waals surface area contributed by atoms with Crippen molar-refractivity contribution in [3.8, 4) is 0 Å². The summed E-state index contributed by atoms with van der Waals surface area (Å²) >= 11 is 0. The minimum absolute atomic E-state index is 0.151. The Morgan fingerprint density at radius 1 is 1.36 bits per heavy atom. The molecule has 1 saturated heterocycles. The van der Waals surface area contributed by atoms with Crippen LogP contribution in [0.2, 0.25) is 0 Å². The van der Waals surface area contributed by atoms with Crippen LogP contribution in [-0.4, -0.2) is 48.4 Å². The van der Waals surface area contributed by atoms with Crippen molar-refractivity contribution in [2.24, 2.45) is 10.9 Å². The molecule has 0 radical (unpaired) electrons. The topological polar surface area (TPSA) is 52.9 Å². The molecular weight excluding hydrogens is 297 g/mol. The van der Waals surface area contributed by atoms with Crippen LogP contribution in [-0.2, 0) is 4.79 Å². The lowest BCUT2D eigenvalue weighted by Crippen LogP contribution is -2.39. The molecule has 1 aromatic carbocycles. The minimum atomic E-state index is -1.50. The first-order valence-electron chi connectivity index (χ1n) is 7.07. The SMILES string of the molecule is O=C(O)C1CCCN(CCN=Cc2cc(F)c(F)c(F)c2)C1. The quantitative estimate of drug-likeness (QED) is 0.670. The maximum atomic E-state index is 13.0. The number of likely N-dealkylation sites (tertiary alicyclic amines) is 1. The molecule has 0 saturated carbocycles. The van der Waals surface area contributed by atoms with Crippen molar-refractivity contribution < 1.29 is 23.1 Å². The molecule has 0 aliphatic carbocycles. The minimum Gasteiger partial charge on any atom is -0.481 e. The van der Waals surface area contributed by atoms with Crippen molar-refractivity contribution in [1.82, 2.24) is 4.90 Å². The number of piperidine rings is 1. The average Bonchev–Trinajstić information content (AvgIpc) is 2.49. The third-order valence-electron chi connectivity index (χ3n) is 3.65. The summed E-state index contributed by atoms with van der Waals surface area (Å²) in [4.78, 5) is 17.0. The molecule has 0 spiro atoms. The van der Waals surface area contributed by atoms with Crippen LogP contribution in [0, 0.1) is 23.4 Å². The molecule has 22 heavy (non-hydrogen) atoms. The van der Waals surface area contributed by atoms with E-state index >= 15 is 0 Å². The van der Waals surface area contributed by atoms with E-state index in [-0.39, 0.29) is 11.5 Å². The van der Waals surface area contributed by atoms with Gasteiger partial charge in [0.1, 0.15) is 0 Å². The van der Waals surface area contributed by atoms with Crippen LogP contribution >= 0.6 is 0 Å². The lowest BCUT2D eigenvalue weighted by molar-refractivity contribution is -0.143. The number of hydrogen-bond acceptors (Lipinski definition) is 3. The van der Waals surface area contributed by atoms with E-state index in [1.807, 2.05) is 4.90 Å². The Morgan fingerprint density at radius 3 is 2.68 bits per heavy atom. The standard InChI is InChI=1S/C15H17F3N2O2/c16-12-6-10(7-13(17)14(12)18)8-19-3-5-20-4-1-2-11(9-20)15(21)22/h6-8,11H,1-5,9H2,(H,21,22). The molecule has 1 aromatic rings. The largest absolute Gasteiger partial charge is 0.481 e. The van der Waals surface area contributed by atoms with Crippen LogP contribution in [0.25, 0.3) is 0 Å². The van der Waals surface area contributed by atoms with Gasteiger partial charge in [-0.1, -0.05) is 0 Å². The average molecular weight is 314 g/mol. The van der Waals surface area contributed by atoms with E-state index in [1.54, 1.807) is 0 Å². The summed E-state index contributed by atoms with van der Waals surface area (Å²) in [7, 11) is 0. The number of halogens is 3. The number of carboxylic acids is 1. The van der Waals surface area contributed by atoms with Gasteiger partial charge in [0, 0.05) is 19.3 Å². The molecule has 4 nitrogen and oxygen atoms in total. The molecule has 0 aromatic heterocycles. The molecular formula is C15H17F3N2O2. The van der Waals surface area contributed by atoms with Gasteiger partial charge in [-0.3, -0.25) is 9.79 Å². The van der Waals surface area contributed by atoms with E-state index in [4.69, 9.17) is 5.11 Å². The predicted octanol–water partition coefficient (Wildman–Crippen LogP) is 2.32. The van der Waals surface area contributed by atoms with Gasteiger partial charge in [-0.2, -0.15) is 0 Å². The summed E-state index contributed by atoms with van der Waals surface area (Å²) in [5.41, 5.74) is 0.151. The molecule has 1 unspecified atom stereocenters. The Morgan fingerprint density at radius 2 is 2.05 bits per heavy atom. The molecule has 1 fully saturated rings. The zero-order valence-electron chi connectivity index (χ0n) is 11.9. The number of aliphatic imine (C=N–C) groups is 1. The monoisotopic (exact) mass is 314 g/mol. The van der Waals surface area contributed by atoms with Crippen molar-refractivity contribution in [1.29, 1.82) is 0 Å². The first kappa shape index (κ1) is 16.5. The Labute approximate surface area is 126 Å². The van der Waals surface area contributed by atoms with Gasteiger partial charge in [0.2, 0.25) is 0 Å². The summed E-state index contributed by atoms with van der Waals surface area (Å²) < 4.78 is 38.8. The van der Waals surface area contributed by atoms with E-state index in [2.05, 4.69) is 4.99 Å². The summed E-state index contributed by atoms with van der Waals surface area (Å²) in [6.45, 7) is 2.27. The number of aliphatic carboxylic acids is 1. The van der Waals surface area contributed by atoms with Crippen LogP contribution < -0.4 is 0 Å². The molecule has 1 aliphatic rings. The Kier molecular flexibility index (Phi) is 5.54. The molecule has 1 atom stereocenters. The number of carboxylic acid groups (broad SMARTS) is 1. The van der Waals surface area contributed by atoms with Gasteiger partial charge >= 0.3 is 5.97 Å². The molecule has 1 heterocycles. The van der Waals surface area contributed by atoms with Gasteiger partial charge in [-0.05, 0) is 37.1 Å². The van der Waals surface area contributed by atoms with Crippen LogP contribution in [0.4, 0.5) is 13.2 Å². The summed E-state index contributed by atoms with van der Waals surface area (Å²) in [5.74, 6) is -5.13. The molecule has 7 heteroatoms. The normalized spacial score (nSPS) is 19.7. The highest BCUT2D eigenvalue weighted by Crippen LogP contribution is 2.16. The fourth-order valence-corrected chi connectivity index (χ4v) is 2.48. The fourth-order valence-electron chi connectivity index (χ4n) is 2.48. The van der Waals surface area contributed by atoms with Crippen molar-refractivity contribution >= 4 is 12.2 Å². The molecule has 2 rings (SSSR count). The number of carbonyl (C=O) groups is 1. The van der Waals surface area contributed by atoms with Crippen LogP contribution in [0.5, 0.6) is 0 Å². The van der Waals surface area contributed by atoms with Gasteiger partial charge in [0.25, 0.3) is 0 Å². The van der Waals surface area contributed by atoms with E-state index in [0.29, 0.717) is 26.1 Å². The molecule has 0 bridgehead atoms. The predicted molar refractivity (Wildman–Crippen MR) is 75.6 cm³/mol. The Hall–Kier alpha value is -1.89. The highest BCUT2D eigenvalue weighted by atomic mass is 19.2. The molecule has 1 N–H and O–H groups in total. The number of hydrogen-bond donors (Lipinski definition) is 1. The van der Waals surface area contributed by atoms with E-state index in [0.717, 1.165) is 25.1 Å². The highest BCUT2D eigenvalue weighted by Gasteiger charge is 2.24. The maximum Gasteiger partial charge on any atom is 0.307 e. The first-order valence-corrected chi connectivity index (χ1v) is 7.07. The lowest BCUT2D eigenvalue weighted by atomic mass is 9.98. The second kappa shape index (κ2) is 7.40.